The molecule has 3 N–H and O–H groups in total. The summed E-state index contributed by atoms with van der Waals surface area (Å²) >= 11 is 4.25. The van der Waals surface area contributed by atoms with E-state index < -0.39 is 0 Å². The quantitative estimate of drug-likeness (QED) is 0.279. The number of anilines is 2. The Morgan fingerprint density at radius 2 is 1.82 bits per heavy atom. The first-order valence-electron chi connectivity index (χ1n) is 13.8. The van der Waals surface area contributed by atoms with Gasteiger partial charge in [0.15, 0.2) is 0 Å². The van der Waals surface area contributed by atoms with Crippen LogP contribution in [-0.4, -0.2) is 54.4 Å². The Morgan fingerprint density at radius 1 is 1.05 bits per heavy atom. The monoisotopic (exact) mass is 555 g/mol. The van der Waals surface area contributed by atoms with Crippen LogP contribution in [0.3, 0.4) is 0 Å². The Hall–Kier alpha value is -3.92. The molecule has 2 fully saturated rings. The van der Waals surface area contributed by atoms with Gasteiger partial charge in [0.1, 0.15) is 28.7 Å². The third-order valence-electron chi connectivity index (χ3n) is 8.00. The largest absolute Gasteiger partial charge is 0.382 e. The van der Waals surface area contributed by atoms with E-state index in [1.54, 1.807) is 24.5 Å². The van der Waals surface area contributed by atoms with E-state index in [0.29, 0.717) is 47.5 Å². The molecule has 6 rings (SSSR count). The fraction of sp³-hybridized carbons (Fsp3) is 0.367. The minimum atomic E-state index is -0.217. The van der Waals surface area contributed by atoms with E-state index in [4.69, 9.17) is 10.7 Å². The highest BCUT2D eigenvalue weighted by atomic mass is 32.1. The molecule has 2 unspecified atom stereocenters. The maximum absolute atomic E-state index is 13.0. The summed E-state index contributed by atoms with van der Waals surface area (Å²) in [7, 11) is 0. The topological polar surface area (TPSA) is 119 Å². The zero-order valence-corrected chi connectivity index (χ0v) is 23.3. The number of amides is 2. The third-order valence-corrected chi connectivity index (χ3v) is 8.22. The second kappa shape index (κ2) is 10.9. The fourth-order valence-electron chi connectivity index (χ4n) is 5.63. The van der Waals surface area contributed by atoms with E-state index in [1.807, 2.05) is 39.8 Å². The van der Waals surface area contributed by atoms with Gasteiger partial charge in [-0.05, 0) is 74.1 Å². The molecule has 9 nitrogen and oxygen atoms in total. The van der Waals surface area contributed by atoms with E-state index >= 15 is 0 Å². The number of carbonyl (C=O) groups is 2. The molecular weight excluding hydrogens is 522 g/mol. The molecule has 206 valence electrons. The van der Waals surface area contributed by atoms with E-state index in [-0.39, 0.29) is 23.8 Å². The molecule has 2 atom stereocenters. The first-order valence-corrected chi connectivity index (χ1v) is 14.5. The molecule has 0 radical (unpaired) electrons. The molecule has 40 heavy (non-hydrogen) atoms. The molecule has 4 heterocycles. The van der Waals surface area contributed by atoms with E-state index in [2.05, 4.69) is 34.8 Å². The maximum Gasteiger partial charge on any atom is 0.256 e. The molecule has 1 saturated heterocycles. The number of likely N-dealkylation sites (tertiary alicyclic amines) is 1. The maximum atomic E-state index is 13.0. The van der Waals surface area contributed by atoms with Gasteiger partial charge < -0.3 is 16.0 Å². The number of nitrogens with two attached hydrogens (primary N) is 1. The van der Waals surface area contributed by atoms with Crippen LogP contribution in [0.1, 0.15) is 72.6 Å². The molecule has 1 aromatic carbocycles. The molecular formula is C30H33N7O2S. The number of carbonyl (C=O) groups excluding carboxylic acids is 2. The number of thiol groups is 1. The Bertz CT molecular complexity index is 1560. The lowest BCUT2D eigenvalue weighted by atomic mass is 9.92. The number of pyridine rings is 1. The summed E-state index contributed by atoms with van der Waals surface area (Å²) in [6.07, 6.45) is 9.91. The minimum Gasteiger partial charge on any atom is -0.382 e. The van der Waals surface area contributed by atoms with Gasteiger partial charge >= 0.3 is 0 Å². The number of hydrogen-bond acceptors (Lipinski definition) is 7. The van der Waals surface area contributed by atoms with Crippen LogP contribution in [0.5, 0.6) is 0 Å². The lowest BCUT2D eigenvalue weighted by molar-refractivity contribution is -0.134. The number of hydrogen-bond donors (Lipinski definition) is 3. The van der Waals surface area contributed by atoms with Crippen LogP contribution < -0.4 is 11.1 Å². The lowest BCUT2D eigenvalue weighted by Gasteiger charge is -2.37. The van der Waals surface area contributed by atoms with Crippen LogP contribution in [0.2, 0.25) is 0 Å². The number of piperidine rings is 1. The number of benzene rings is 1. The van der Waals surface area contributed by atoms with Crippen LogP contribution in [0.15, 0.2) is 55.0 Å². The summed E-state index contributed by atoms with van der Waals surface area (Å²) in [6, 6.07) is 11.5. The van der Waals surface area contributed by atoms with Crippen molar-refractivity contribution < 1.29 is 9.59 Å². The first-order chi connectivity index (χ1) is 19.4. The Kier molecular flexibility index (Phi) is 7.18. The number of fused-ring (bicyclic) bond motifs is 1. The van der Waals surface area contributed by atoms with Crippen LogP contribution in [0.4, 0.5) is 11.6 Å². The minimum absolute atomic E-state index is 0.0621. The van der Waals surface area contributed by atoms with Crippen molar-refractivity contribution in [3.05, 3.63) is 71.9 Å². The number of imidazole rings is 1. The Labute approximate surface area is 238 Å². The van der Waals surface area contributed by atoms with Crippen molar-refractivity contribution in [1.82, 2.24) is 24.3 Å². The predicted molar refractivity (Wildman–Crippen MR) is 159 cm³/mol. The molecule has 10 heteroatoms. The molecule has 1 saturated carbocycles. The van der Waals surface area contributed by atoms with Crippen molar-refractivity contribution in [2.45, 2.75) is 56.9 Å². The van der Waals surface area contributed by atoms with Crippen molar-refractivity contribution in [1.29, 1.82) is 0 Å². The van der Waals surface area contributed by atoms with E-state index in [0.717, 1.165) is 29.7 Å². The van der Waals surface area contributed by atoms with Gasteiger partial charge in [0.2, 0.25) is 5.91 Å². The number of nitrogens with one attached hydrogen (secondary N) is 1. The standard InChI is InChI=1S/C30H33N7O2S/c1-18-2-3-23(17-37(18)25(38)11-15-40)29-35-26(27-28(31)33-13-14-36(27)29)20-6-8-21(9-7-20)30(39)34-24-16-22(10-12-32-24)19-4-5-19/h6-10,12-14,16,18-19,23,40H,2-5,11,15,17H2,1H3,(H2,31,33)(H,32,34,39). The summed E-state index contributed by atoms with van der Waals surface area (Å²) < 4.78 is 2.00. The zero-order valence-electron chi connectivity index (χ0n) is 22.5. The zero-order chi connectivity index (χ0) is 27.8. The fourth-order valence-corrected chi connectivity index (χ4v) is 5.83. The number of rotatable bonds is 7. The highest BCUT2D eigenvalue weighted by Crippen LogP contribution is 2.40. The van der Waals surface area contributed by atoms with E-state index in [9.17, 15) is 9.59 Å². The summed E-state index contributed by atoms with van der Waals surface area (Å²) in [5.74, 6) is 2.89. The van der Waals surface area contributed by atoms with Crippen LogP contribution in [-0.2, 0) is 4.79 Å². The number of nitrogen functional groups attached to an aromatic ring is 1. The van der Waals surface area contributed by atoms with Gasteiger partial charge in [-0.15, -0.1) is 0 Å². The molecule has 0 bridgehead atoms. The normalized spacial score (nSPS) is 19.1. The Balaban J connectivity index is 1.27. The van der Waals surface area contributed by atoms with Gasteiger partial charge in [-0.2, -0.15) is 12.6 Å². The number of nitrogens with zero attached hydrogens (tertiary/aromatic N) is 5. The van der Waals surface area contributed by atoms with E-state index in [1.165, 1.54) is 18.4 Å². The summed E-state index contributed by atoms with van der Waals surface area (Å²) in [6.45, 7) is 2.70. The molecule has 0 spiro atoms. The second-order valence-corrected chi connectivity index (χ2v) is 11.2. The van der Waals surface area contributed by atoms with Crippen LogP contribution in [0.25, 0.3) is 16.8 Å². The van der Waals surface area contributed by atoms with Crippen molar-refractivity contribution in [2.75, 3.05) is 23.3 Å². The van der Waals surface area contributed by atoms with Crippen molar-refractivity contribution in [2.24, 2.45) is 0 Å². The smallest absolute Gasteiger partial charge is 0.256 e. The molecule has 4 aromatic rings. The van der Waals surface area contributed by atoms with Crippen molar-refractivity contribution in [3.63, 3.8) is 0 Å². The molecule has 1 aliphatic carbocycles. The molecule has 3 aromatic heterocycles. The average Bonchev–Trinajstić information content (AvgIpc) is 3.74. The van der Waals surface area contributed by atoms with Crippen molar-refractivity contribution in [3.8, 4) is 11.3 Å². The van der Waals surface area contributed by atoms with Crippen molar-refractivity contribution >= 4 is 41.6 Å². The second-order valence-electron chi connectivity index (χ2n) is 10.8. The van der Waals surface area contributed by atoms with Gasteiger partial charge in [-0.25, -0.2) is 15.0 Å². The number of aromatic nitrogens is 4. The van der Waals surface area contributed by atoms with Gasteiger partial charge in [0.25, 0.3) is 5.91 Å². The van der Waals surface area contributed by atoms with Gasteiger partial charge in [-0.1, -0.05) is 12.1 Å². The van der Waals surface area contributed by atoms with Gasteiger partial charge in [0.05, 0.1) is 0 Å². The molecule has 2 aliphatic rings. The van der Waals surface area contributed by atoms with Crippen LogP contribution >= 0.6 is 12.6 Å². The Morgan fingerprint density at radius 3 is 2.58 bits per heavy atom. The predicted octanol–water partition coefficient (Wildman–Crippen LogP) is 4.92. The lowest BCUT2D eigenvalue weighted by Crippen LogP contribution is -2.45. The molecule has 2 amide bonds. The van der Waals surface area contributed by atoms with Gasteiger partial charge in [0, 0.05) is 54.6 Å². The highest BCUT2D eigenvalue weighted by molar-refractivity contribution is 7.80. The summed E-state index contributed by atoms with van der Waals surface area (Å²) in [5, 5.41) is 2.92. The average molecular weight is 556 g/mol. The van der Waals surface area contributed by atoms with Gasteiger partial charge in [-0.3, -0.25) is 14.0 Å². The highest BCUT2D eigenvalue weighted by Gasteiger charge is 2.32. The SMILES string of the molecule is CC1CCC(c2nc(-c3ccc(C(=O)Nc4cc(C5CC5)ccn4)cc3)c3c(N)nccn23)CN1C(=O)CCS. The summed E-state index contributed by atoms with van der Waals surface area (Å²) in [5.41, 5.74) is 10.4. The first kappa shape index (κ1) is 26.3. The molecule has 1 aliphatic heterocycles. The summed E-state index contributed by atoms with van der Waals surface area (Å²) in [4.78, 5) is 41.4. The van der Waals surface area contributed by atoms with Crippen LogP contribution in [0, 0.1) is 0 Å². The third kappa shape index (κ3) is 5.15.